The summed E-state index contributed by atoms with van der Waals surface area (Å²) in [6.07, 6.45) is -0.127. The Morgan fingerprint density at radius 1 is 1.23 bits per heavy atom. The van der Waals surface area contributed by atoms with E-state index in [9.17, 15) is 14.4 Å². The van der Waals surface area contributed by atoms with Gasteiger partial charge in [-0.2, -0.15) is 0 Å². The van der Waals surface area contributed by atoms with Crippen LogP contribution in [0, 0.1) is 5.92 Å². The molecule has 1 aliphatic heterocycles. The molecule has 6 nitrogen and oxygen atoms in total. The van der Waals surface area contributed by atoms with Crippen molar-refractivity contribution in [1.82, 2.24) is 10.2 Å². The van der Waals surface area contributed by atoms with Gasteiger partial charge in [-0.15, -0.1) is 11.8 Å². The molecule has 0 saturated carbocycles. The Kier molecular flexibility index (Phi) is 7.08. The largest absolute Gasteiger partial charge is 0.327 e. The molecule has 0 aromatic heterocycles. The minimum absolute atomic E-state index is 0.127. The van der Waals surface area contributed by atoms with Gasteiger partial charge in [0.1, 0.15) is 6.42 Å². The van der Waals surface area contributed by atoms with Crippen molar-refractivity contribution in [2.45, 2.75) is 45.5 Å². The first kappa shape index (κ1) is 20.3. The standard InChI is InChI=1S/C19H27N3O3S/c1-12(2)10-22-18(25)9-16(23)21-19(22)26-11-17(24)20-15-7-5-14(6-8-15)13(3)4/h5-8,12-13,19H,9-11H2,1-4H3,(H,20,24)(H,21,23)/t19-/m1/s1. The number of carbonyl (C=O) groups is 3. The number of amides is 3. The molecule has 3 amide bonds. The molecule has 0 aliphatic carbocycles. The van der Waals surface area contributed by atoms with Gasteiger partial charge in [0.15, 0.2) is 5.50 Å². The summed E-state index contributed by atoms with van der Waals surface area (Å²) in [5.74, 6) is 0.226. The topological polar surface area (TPSA) is 78.5 Å². The molecule has 26 heavy (non-hydrogen) atoms. The third-order valence-electron chi connectivity index (χ3n) is 3.99. The monoisotopic (exact) mass is 377 g/mol. The SMILES string of the molecule is CC(C)CN1C(=O)CC(=O)N[C@H]1SCC(=O)Nc1ccc(C(C)C)cc1. The van der Waals surface area contributed by atoms with E-state index in [0.29, 0.717) is 12.5 Å². The highest BCUT2D eigenvalue weighted by Gasteiger charge is 2.32. The number of nitrogens with one attached hydrogen (secondary N) is 2. The van der Waals surface area contributed by atoms with Crippen LogP contribution in [0.25, 0.3) is 0 Å². The summed E-state index contributed by atoms with van der Waals surface area (Å²) in [6.45, 7) is 8.81. The fourth-order valence-electron chi connectivity index (χ4n) is 2.66. The maximum Gasteiger partial charge on any atom is 0.234 e. The lowest BCUT2D eigenvalue weighted by Crippen LogP contribution is -2.56. The normalized spacial score (nSPS) is 17.6. The van der Waals surface area contributed by atoms with Crippen LogP contribution >= 0.6 is 11.8 Å². The molecule has 1 aromatic rings. The number of hydrogen-bond donors (Lipinski definition) is 2. The zero-order valence-electron chi connectivity index (χ0n) is 15.7. The van der Waals surface area contributed by atoms with E-state index in [-0.39, 0.29) is 35.8 Å². The van der Waals surface area contributed by atoms with E-state index in [2.05, 4.69) is 24.5 Å². The van der Waals surface area contributed by atoms with E-state index < -0.39 is 5.50 Å². The van der Waals surface area contributed by atoms with E-state index in [4.69, 9.17) is 0 Å². The summed E-state index contributed by atoms with van der Waals surface area (Å²) in [6, 6.07) is 7.76. The summed E-state index contributed by atoms with van der Waals surface area (Å²) in [5.41, 5.74) is 1.45. The first-order valence-corrected chi connectivity index (χ1v) is 9.91. The van der Waals surface area contributed by atoms with E-state index in [1.54, 1.807) is 4.90 Å². The molecule has 0 bridgehead atoms. The Labute approximate surface area is 159 Å². The molecule has 1 saturated heterocycles. The molecule has 142 valence electrons. The summed E-state index contributed by atoms with van der Waals surface area (Å²) in [5, 5.41) is 5.64. The average Bonchev–Trinajstić information content (AvgIpc) is 2.56. The molecule has 2 N–H and O–H groups in total. The Morgan fingerprint density at radius 3 is 2.46 bits per heavy atom. The highest BCUT2D eigenvalue weighted by molar-refractivity contribution is 8.00. The third kappa shape index (κ3) is 5.76. The maximum absolute atomic E-state index is 12.2. The van der Waals surface area contributed by atoms with Crippen molar-refractivity contribution in [3.63, 3.8) is 0 Å². The van der Waals surface area contributed by atoms with Crippen molar-refractivity contribution in [1.29, 1.82) is 0 Å². The fourth-order valence-corrected chi connectivity index (χ4v) is 3.64. The van der Waals surface area contributed by atoms with Gasteiger partial charge in [-0.05, 0) is 29.5 Å². The van der Waals surface area contributed by atoms with Crippen LogP contribution in [0.2, 0.25) is 0 Å². The molecule has 7 heteroatoms. The first-order chi connectivity index (χ1) is 12.3. The predicted octanol–water partition coefficient (Wildman–Crippen LogP) is 2.77. The number of anilines is 1. The van der Waals surface area contributed by atoms with Crippen LogP contribution in [0.3, 0.4) is 0 Å². The molecule has 2 rings (SSSR count). The summed E-state index contributed by atoms with van der Waals surface area (Å²) in [7, 11) is 0. The highest BCUT2D eigenvalue weighted by Crippen LogP contribution is 2.21. The van der Waals surface area contributed by atoms with Crippen LogP contribution in [0.5, 0.6) is 0 Å². The Morgan fingerprint density at radius 2 is 1.88 bits per heavy atom. The van der Waals surface area contributed by atoms with Crippen molar-refractivity contribution in [2.24, 2.45) is 5.92 Å². The number of hydrogen-bond acceptors (Lipinski definition) is 4. The van der Waals surface area contributed by atoms with Crippen LogP contribution in [0.4, 0.5) is 5.69 Å². The average molecular weight is 378 g/mol. The molecule has 1 heterocycles. The van der Waals surface area contributed by atoms with Gasteiger partial charge >= 0.3 is 0 Å². The van der Waals surface area contributed by atoms with Gasteiger partial charge in [0.2, 0.25) is 17.7 Å². The second kappa shape index (κ2) is 9.07. The van der Waals surface area contributed by atoms with Crippen LogP contribution < -0.4 is 10.6 Å². The van der Waals surface area contributed by atoms with Gasteiger partial charge in [0.05, 0.1) is 5.75 Å². The van der Waals surface area contributed by atoms with Crippen LogP contribution in [-0.4, -0.2) is 40.4 Å². The number of thioether (sulfide) groups is 1. The van der Waals surface area contributed by atoms with E-state index in [0.717, 1.165) is 5.69 Å². The van der Waals surface area contributed by atoms with Crippen LogP contribution in [-0.2, 0) is 14.4 Å². The Balaban J connectivity index is 1.91. The van der Waals surface area contributed by atoms with Gasteiger partial charge in [-0.1, -0.05) is 39.8 Å². The zero-order chi connectivity index (χ0) is 19.3. The molecule has 0 radical (unpaired) electrons. The second-order valence-electron chi connectivity index (χ2n) is 7.17. The summed E-state index contributed by atoms with van der Waals surface area (Å²) >= 11 is 1.25. The lowest BCUT2D eigenvalue weighted by Gasteiger charge is -2.36. The minimum atomic E-state index is -0.500. The maximum atomic E-state index is 12.2. The summed E-state index contributed by atoms with van der Waals surface area (Å²) in [4.78, 5) is 37.6. The van der Waals surface area contributed by atoms with Gasteiger partial charge in [-0.3, -0.25) is 14.4 Å². The van der Waals surface area contributed by atoms with Crippen LogP contribution in [0.15, 0.2) is 24.3 Å². The van der Waals surface area contributed by atoms with Gasteiger partial charge in [0, 0.05) is 12.2 Å². The van der Waals surface area contributed by atoms with Gasteiger partial charge in [-0.25, -0.2) is 0 Å². The highest BCUT2D eigenvalue weighted by atomic mass is 32.2. The number of nitrogens with zero attached hydrogens (tertiary/aromatic N) is 1. The fraction of sp³-hybridized carbons (Fsp3) is 0.526. The van der Waals surface area contributed by atoms with Crippen molar-refractivity contribution >= 4 is 35.2 Å². The Hall–Kier alpha value is -2.02. The number of carbonyl (C=O) groups excluding carboxylic acids is 3. The van der Waals surface area contributed by atoms with Crippen molar-refractivity contribution in [3.8, 4) is 0 Å². The second-order valence-corrected chi connectivity index (χ2v) is 8.24. The molecule has 1 atom stereocenters. The lowest BCUT2D eigenvalue weighted by molar-refractivity contribution is -0.142. The van der Waals surface area contributed by atoms with E-state index in [1.807, 2.05) is 38.1 Å². The lowest BCUT2D eigenvalue weighted by atomic mass is 10.0. The molecule has 0 unspecified atom stereocenters. The minimum Gasteiger partial charge on any atom is -0.327 e. The quantitative estimate of drug-likeness (QED) is 0.716. The van der Waals surface area contributed by atoms with Crippen molar-refractivity contribution < 1.29 is 14.4 Å². The van der Waals surface area contributed by atoms with E-state index in [1.165, 1.54) is 17.3 Å². The molecule has 1 fully saturated rings. The third-order valence-corrected chi connectivity index (χ3v) is 5.11. The van der Waals surface area contributed by atoms with E-state index >= 15 is 0 Å². The Bertz CT molecular complexity index is 658. The number of benzene rings is 1. The predicted molar refractivity (Wildman–Crippen MR) is 105 cm³/mol. The summed E-state index contributed by atoms with van der Waals surface area (Å²) < 4.78 is 0. The zero-order valence-corrected chi connectivity index (χ0v) is 16.6. The smallest absolute Gasteiger partial charge is 0.234 e. The molecular weight excluding hydrogens is 350 g/mol. The molecule has 0 spiro atoms. The van der Waals surface area contributed by atoms with Crippen molar-refractivity contribution in [2.75, 3.05) is 17.6 Å². The van der Waals surface area contributed by atoms with Crippen molar-refractivity contribution in [3.05, 3.63) is 29.8 Å². The molecular formula is C19H27N3O3S. The van der Waals surface area contributed by atoms with Crippen LogP contribution in [0.1, 0.15) is 45.6 Å². The van der Waals surface area contributed by atoms with Gasteiger partial charge in [0.25, 0.3) is 0 Å². The van der Waals surface area contributed by atoms with Gasteiger partial charge < -0.3 is 15.5 Å². The first-order valence-electron chi connectivity index (χ1n) is 8.86. The molecule has 1 aromatic carbocycles. The molecule has 1 aliphatic rings. The number of rotatable bonds is 7.